The van der Waals surface area contributed by atoms with E-state index in [1.165, 1.54) is 23.8 Å². The van der Waals surface area contributed by atoms with Crippen LogP contribution in [0.5, 0.6) is 11.5 Å². The molecule has 1 atom stereocenters. The monoisotopic (exact) mass is 622 g/mol. The van der Waals surface area contributed by atoms with Crippen molar-refractivity contribution in [3.05, 3.63) is 101 Å². The number of esters is 1. The van der Waals surface area contributed by atoms with Crippen LogP contribution in [0.15, 0.2) is 74.0 Å². The quantitative estimate of drug-likeness (QED) is 0.263. The summed E-state index contributed by atoms with van der Waals surface area (Å²) in [6, 6.07) is 12.3. The summed E-state index contributed by atoms with van der Waals surface area (Å²) < 4.78 is 24.3. The number of hydrogen-bond donors (Lipinski definition) is 1. The molecule has 222 valence electrons. The Balaban J connectivity index is 1.63. The Kier molecular flexibility index (Phi) is 8.56. The summed E-state index contributed by atoms with van der Waals surface area (Å²) in [5.74, 6) is 0.0273. The van der Waals surface area contributed by atoms with Gasteiger partial charge in [0.25, 0.3) is 5.56 Å². The largest absolute Gasteiger partial charge is 0.493 e. The third kappa shape index (κ3) is 5.73. The maximum absolute atomic E-state index is 13.9. The Bertz CT molecular complexity index is 1950. The van der Waals surface area contributed by atoms with Gasteiger partial charge in [-0.2, -0.15) is 0 Å². The van der Waals surface area contributed by atoms with Gasteiger partial charge in [-0.05, 0) is 68.8 Å². The predicted octanol–water partition coefficient (Wildman–Crippen LogP) is 4.82. The molecule has 1 N–H and O–H groups in total. The number of allylic oxidation sites excluding steroid dienone is 1. The van der Waals surface area contributed by atoms with Crippen molar-refractivity contribution in [3.8, 4) is 22.8 Å². The second-order valence-corrected chi connectivity index (χ2v) is 10.8. The van der Waals surface area contributed by atoms with Crippen LogP contribution in [0.2, 0.25) is 5.02 Å². The van der Waals surface area contributed by atoms with Crippen molar-refractivity contribution < 1.29 is 33.3 Å². The number of carboxylic acids is 1. The maximum Gasteiger partial charge on any atom is 0.338 e. The molecule has 2 aromatic carbocycles. The number of rotatable bonds is 9. The van der Waals surface area contributed by atoms with Gasteiger partial charge in [-0.1, -0.05) is 29.0 Å². The minimum absolute atomic E-state index is 0.0516. The molecule has 0 saturated heterocycles. The molecule has 43 heavy (non-hydrogen) atoms. The van der Waals surface area contributed by atoms with Crippen molar-refractivity contribution in [2.45, 2.75) is 26.8 Å². The zero-order chi connectivity index (χ0) is 30.8. The van der Waals surface area contributed by atoms with Crippen LogP contribution in [0.25, 0.3) is 17.4 Å². The highest BCUT2D eigenvalue weighted by atomic mass is 35.5. The lowest BCUT2D eigenvalue weighted by atomic mass is 9.95. The standard InChI is InChI=1S/C31H27ClN2O8S/c1-5-40-24-14-18(8-11-23(24)39-4)27-26(30(38)41-6-2)16(3)33-31-34(27)28(35)25(43-31)15-19-9-12-22(42-19)17-7-10-21(32)20(13-17)29(36)37/h7-15,27H,5-6H2,1-4H3,(H,36,37)/b25-15-/t27-/m0/s1. The number of nitrogens with zero attached hydrogens (tertiary/aromatic N) is 2. The summed E-state index contributed by atoms with van der Waals surface area (Å²) >= 11 is 7.16. The number of furan rings is 1. The predicted molar refractivity (Wildman–Crippen MR) is 161 cm³/mol. The number of carbonyl (C=O) groups excluding carboxylic acids is 1. The van der Waals surface area contributed by atoms with Crippen LogP contribution in [0, 0.1) is 0 Å². The van der Waals surface area contributed by atoms with E-state index in [1.807, 2.05) is 6.92 Å². The minimum atomic E-state index is -1.16. The van der Waals surface area contributed by atoms with E-state index >= 15 is 0 Å². The molecule has 0 radical (unpaired) electrons. The topological polar surface area (TPSA) is 130 Å². The molecule has 0 spiro atoms. The number of ether oxygens (including phenoxy) is 3. The molecule has 10 nitrogen and oxygen atoms in total. The van der Waals surface area contributed by atoms with E-state index in [2.05, 4.69) is 4.99 Å². The second kappa shape index (κ2) is 12.3. The molecule has 1 aliphatic heterocycles. The van der Waals surface area contributed by atoms with Crippen LogP contribution in [-0.4, -0.2) is 41.9 Å². The first-order chi connectivity index (χ1) is 20.7. The maximum atomic E-state index is 13.9. The van der Waals surface area contributed by atoms with E-state index in [1.54, 1.807) is 56.3 Å². The molecule has 2 aromatic heterocycles. The molecule has 0 amide bonds. The number of halogens is 1. The molecule has 0 fully saturated rings. The lowest BCUT2D eigenvalue weighted by Gasteiger charge is -2.25. The molecule has 1 aliphatic rings. The first-order valence-corrected chi connectivity index (χ1v) is 14.5. The highest BCUT2D eigenvalue weighted by Gasteiger charge is 2.34. The lowest BCUT2D eigenvalue weighted by molar-refractivity contribution is -0.139. The summed E-state index contributed by atoms with van der Waals surface area (Å²) in [4.78, 5) is 43.6. The zero-order valence-electron chi connectivity index (χ0n) is 23.7. The van der Waals surface area contributed by atoms with Gasteiger partial charge >= 0.3 is 11.9 Å². The smallest absolute Gasteiger partial charge is 0.338 e. The fourth-order valence-electron chi connectivity index (χ4n) is 4.80. The number of fused-ring (bicyclic) bond motifs is 1. The fraction of sp³-hybridized carbons (Fsp3) is 0.226. The van der Waals surface area contributed by atoms with E-state index in [-0.39, 0.29) is 28.3 Å². The van der Waals surface area contributed by atoms with Crippen LogP contribution in [0.4, 0.5) is 0 Å². The molecule has 0 unspecified atom stereocenters. The van der Waals surface area contributed by atoms with E-state index in [0.29, 0.717) is 55.8 Å². The number of thiazole rings is 1. The normalized spacial score (nSPS) is 14.7. The molecule has 5 rings (SSSR count). The fourth-order valence-corrected chi connectivity index (χ4v) is 6.02. The molecule has 0 bridgehead atoms. The molecule has 0 aliphatic carbocycles. The van der Waals surface area contributed by atoms with Gasteiger partial charge in [0.15, 0.2) is 16.3 Å². The molecule has 12 heteroatoms. The van der Waals surface area contributed by atoms with Gasteiger partial charge < -0.3 is 23.7 Å². The Morgan fingerprint density at radius 2 is 1.91 bits per heavy atom. The van der Waals surface area contributed by atoms with Gasteiger partial charge in [0, 0.05) is 11.6 Å². The van der Waals surface area contributed by atoms with Crippen LogP contribution in [-0.2, 0) is 9.53 Å². The highest BCUT2D eigenvalue weighted by molar-refractivity contribution is 7.07. The number of aromatic nitrogens is 1. The van der Waals surface area contributed by atoms with Crippen LogP contribution in [0.3, 0.4) is 0 Å². The van der Waals surface area contributed by atoms with Gasteiger partial charge in [0.05, 0.1) is 52.8 Å². The van der Waals surface area contributed by atoms with Crippen molar-refractivity contribution in [1.29, 1.82) is 0 Å². The van der Waals surface area contributed by atoms with Gasteiger partial charge in [-0.15, -0.1) is 0 Å². The first-order valence-electron chi connectivity index (χ1n) is 13.3. The van der Waals surface area contributed by atoms with Gasteiger partial charge in [0.1, 0.15) is 11.5 Å². The summed E-state index contributed by atoms with van der Waals surface area (Å²) in [7, 11) is 1.53. The SMILES string of the molecule is CCOC(=O)C1=C(C)N=c2s/c(=C\c3ccc(-c4ccc(Cl)c(C(=O)O)c4)o3)c(=O)n2[C@H]1c1ccc(OC)c(OCC)c1. The highest BCUT2D eigenvalue weighted by Crippen LogP contribution is 2.36. The molecular weight excluding hydrogens is 596 g/mol. The zero-order valence-corrected chi connectivity index (χ0v) is 25.2. The molecule has 3 heterocycles. The minimum Gasteiger partial charge on any atom is -0.493 e. The first kappa shape index (κ1) is 29.9. The van der Waals surface area contributed by atoms with Gasteiger partial charge in [-0.25, -0.2) is 14.6 Å². The molecule has 4 aromatic rings. The molecule has 0 saturated carbocycles. The van der Waals surface area contributed by atoms with Crippen molar-refractivity contribution in [3.63, 3.8) is 0 Å². The average molecular weight is 623 g/mol. The van der Waals surface area contributed by atoms with E-state index in [4.69, 9.17) is 30.2 Å². The van der Waals surface area contributed by atoms with Gasteiger partial charge in [-0.3, -0.25) is 9.36 Å². The summed E-state index contributed by atoms with van der Waals surface area (Å²) in [6.45, 7) is 5.81. The number of carboxylic acid groups (broad SMARTS) is 1. The van der Waals surface area contributed by atoms with E-state index in [0.717, 1.165) is 11.3 Å². The summed E-state index contributed by atoms with van der Waals surface area (Å²) in [5, 5.41) is 9.52. The third-order valence-electron chi connectivity index (χ3n) is 6.70. The number of carbonyl (C=O) groups is 2. The number of aromatic carboxylic acids is 1. The van der Waals surface area contributed by atoms with E-state index < -0.39 is 18.0 Å². The number of hydrogen-bond acceptors (Lipinski definition) is 9. The lowest BCUT2D eigenvalue weighted by Crippen LogP contribution is -2.39. The number of benzene rings is 2. The van der Waals surface area contributed by atoms with Crippen LogP contribution >= 0.6 is 22.9 Å². The van der Waals surface area contributed by atoms with Gasteiger partial charge in [0.2, 0.25) is 0 Å². The Morgan fingerprint density at radius 1 is 1.12 bits per heavy atom. The Hall–Kier alpha value is -4.61. The third-order valence-corrected chi connectivity index (χ3v) is 8.01. The number of methoxy groups -OCH3 is 1. The van der Waals surface area contributed by atoms with Crippen LogP contribution < -0.4 is 24.4 Å². The van der Waals surface area contributed by atoms with Crippen LogP contribution in [0.1, 0.15) is 48.5 Å². The summed E-state index contributed by atoms with van der Waals surface area (Å²) in [5.41, 5.74) is 1.38. The second-order valence-electron chi connectivity index (χ2n) is 9.35. The van der Waals surface area contributed by atoms with Crippen molar-refractivity contribution in [2.75, 3.05) is 20.3 Å². The van der Waals surface area contributed by atoms with E-state index in [9.17, 15) is 19.5 Å². The van der Waals surface area contributed by atoms with Crippen molar-refractivity contribution in [1.82, 2.24) is 4.57 Å². The Morgan fingerprint density at radius 3 is 2.60 bits per heavy atom. The van der Waals surface area contributed by atoms with Crippen molar-refractivity contribution in [2.24, 2.45) is 4.99 Å². The van der Waals surface area contributed by atoms with Crippen molar-refractivity contribution >= 4 is 41.0 Å². The average Bonchev–Trinajstić information content (AvgIpc) is 3.56. The Labute approximate surface area is 254 Å². The summed E-state index contributed by atoms with van der Waals surface area (Å²) in [6.07, 6.45) is 1.58. The molecular formula is C31H27ClN2O8S.